The van der Waals surface area contributed by atoms with Crippen LogP contribution >= 0.6 is 0 Å². The molecular weight excluding hydrogens is 386 g/mol. The van der Waals surface area contributed by atoms with E-state index in [-0.39, 0.29) is 30.3 Å². The number of primary amides is 1. The molecule has 164 valence electrons. The molecule has 31 heavy (non-hydrogen) atoms. The van der Waals surface area contributed by atoms with Crippen LogP contribution in [0.2, 0.25) is 0 Å². The first-order valence-corrected chi connectivity index (χ1v) is 11.2. The predicted octanol–water partition coefficient (Wildman–Crippen LogP) is 3.45. The summed E-state index contributed by atoms with van der Waals surface area (Å²) in [6.07, 6.45) is 7.65. The molecule has 0 saturated heterocycles. The van der Waals surface area contributed by atoms with E-state index in [9.17, 15) is 9.59 Å². The summed E-state index contributed by atoms with van der Waals surface area (Å²) in [4.78, 5) is 24.1. The topological polar surface area (TPSA) is 84.2 Å². The molecule has 1 aliphatic carbocycles. The van der Waals surface area contributed by atoms with Gasteiger partial charge in [0, 0.05) is 12.6 Å². The van der Waals surface area contributed by atoms with E-state index < -0.39 is 0 Å². The summed E-state index contributed by atoms with van der Waals surface area (Å²) < 4.78 is 0. The first-order chi connectivity index (χ1) is 15.1. The smallest absolute Gasteiger partial charge is 0.234 e. The number of amides is 2. The fourth-order valence-corrected chi connectivity index (χ4v) is 4.18. The molecule has 1 fully saturated rings. The van der Waals surface area contributed by atoms with Crippen LogP contribution in [0.3, 0.4) is 0 Å². The van der Waals surface area contributed by atoms with E-state index in [0.717, 1.165) is 44.1 Å². The fraction of sp³-hybridized carbons (Fsp3) is 0.385. The second-order valence-electron chi connectivity index (χ2n) is 8.27. The number of nitrogens with one attached hydrogen (secondary N) is 2. The molecule has 0 heterocycles. The highest BCUT2D eigenvalue weighted by Crippen LogP contribution is 2.24. The second-order valence-corrected chi connectivity index (χ2v) is 8.27. The summed E-state index contributed by atoms with van der Waals surface area (Å²) in [6, 6.07) is 20.5. The Labute approximate surface area is 185 Å². The Morgan fingerprint density at radius 2 is 1.61 bits per heavy atom. The highest BCUT2D eigenvalue weighted by molar-refractivity contribution is 5.81. The van der Waals surface area contributed by atoms with Crippen molar-refractivity contribution in [3.05, 3.63) is 77.4 Å². The third-order valence-corrected chi connectivity index (χ3v) is 5.86. The quantitative estimate of drug-likeness (QED) is 0.551. The SMILES string of the molecule is NC(=O)[C@@H]1CCCC[C@H]1NC(=O)CNC/C(=C/c1ccccc1)CCc1ccccc1. The lowest BCUT2D eigenvalue weighted by Crippen LogP contribution is -2.49. The van der Waals surface area contributed by atoms with Gasteiger partial charge in [-0.3, -0.25) is 9.59 Å². The Bertz CT molecular complexity index is 865. The average molecular weight is 420 g/mol. The largest absolute Gasteiger partial charge is 0.369 e. The minimum Gasteiger partial charge on any atom is -0.369 e. The van der Waals surface area contributed by atoms with Crippen LogP contribution < -0.4 is 16.4 Å². The Balaban J connectivity index is 1.53. The lowest BCUT2D eigenvalue weighted by Gasteiger charge is -2.30. The van der Waals surface area contributed by atoms with Gasteiger partial charge in [-0.1, -0.05) is 85.2 Å². The molecular formula is C26H33N3O2. The molecule has 4 N–H and O–H groups in total. The van der Waals surface area contributed by atoms with E-state index in [0.29, 0.717) is 6.54 Å². The molecule has 0 radical (unpaired) electrons. The lowest BCUT2D eigenvalue weighted by atomic mass is 9.84. The maximum Gasteiger partial charge on any atom is 0.234 e. The van der Waals surface area contributed by atoms with Crippen LogP contribution in [0.5, 0.6) is 0 Å². The monoisotopic (exact) mass is 419 g/mol. The van der Waals surface area contributed by atoms with Crippen LogP contribution in [0.4, 0.5) is 0 Å². The average Bonchev–Trinajstić information content (AvgIpc) is 2.79. The molecule has 1 aliphatic rings. The maximum absolute atomic E-state index is 12.5. The summed E-state index contributed by atoms with van der Waals surface area (Å²) in [6.45, 7) is 0.860. The zero-order valence-corrected chi connectivity index (χ0v) is 18.1. The van der Waals surface area contributed by atoms with E-state index in [1.807, 2.05) is 24.3 Å². The number of hydrogen-bond acceptors (Lipinski definition) is 3. The molecule has 0 aromatic heterocycles. The van der Waals surface area contributed by atoms with Crippen molar-refractivity contribution in [1.82, 2.24) is 10.6 Å². The van der Waals surface area contributed by atoms with Crippen molar-refractivity contribution in [3.8, 4) is 0 Å². The highest BCUT2D eigenvalue weighted by atomic mass is 16.2. The summed E-state index contributed by atoms with van der Waals surface area (Å²) in [5, 5.41) is 6.29. The number of nitrogens with two attached hydrogens (primary N) is 1. The number of carbonyl (C=O) groups is 2. The molecule has 2 aromatic carbocycles. The first-order valence-electron chi connectivity index (χ1n) is 11.2. The van der Waals surface area contributed by atoms with Crippen molar-refractivity contribution in [2.24, 2.45) is 11.7 Å². The summed E-state index contributed by atoms with van der Waals surface area (Å²) in [7, 11) is 0. The maximum atomic E-state index is 12.5. The summed E-state index contributed by atoms with van der Waals surface area (Å²) >= 11 is 0. The van der Waals surface area contributed by atoms with Gasteiger partial charge in [-0.05, 0) is 36.8 Å². The third kappa shape index (κ3) is 7.68. The van der Waals surface area contributed by atoms with Crippen molar-refractivity contribution >= 4 is 17.9 Å². The summed E-state index contributed by atoms with van der Waals surface area (Å²) in [5.41, 5.74) is 9.22. The third-order valence-electron chi connectivity index (χ3n) is 5.86. The van der Waals surface area contributed by atoms with Crippen LogP contribution in [-0.2, 0) is 16.0 Å². The Hall–Kier alpha value is -2.92. The Kier molecular flexibility index (Phi) is 8.85. The van der Waals surface area contributed by atoms with E-state index in [2.05, 4.69) is 53.1 Å². The van der Waals surface area contributed by atoms with Crippen molar-refractivity contribution in [2.75, 3.05) is 13.1 Å². The van der Waals surface area contributed by atoms with E-state index in [1.54, 1.807) is 0 Å². The van der Waals surface area contributed by atoms with Crippen LogP contribution in [0, 0.1) is 5.92 Å². The van der Waals surface area contributed by atoms with Gasteiger partial charge in [0.05, 0.1) is 12.5 Å². The molecule has 3 rings (SSSR count). The molecule has 1 saturated carbocycles. The molecule has 0 aliphatic heterocycles. The van der Waals surface area contributed by atoms with Crippen LogP contribution in [0.25, 0.3) is 6.08 Å². The molecule has 2 amide bonds. The Morgan fingerprint density at radius 1 is 0.935 bits per heavy atom. The van der Waals surface area contributed by atoms with Gasteiger partial charge in [0.25, 0.3) is 0 Å². The zero-order chi connectivity index (χ0) is 21.9. The fourth-order valence-electron chi connectivity index (χ4n) is 4.18. The van der Waals surface area contributed by atoms with Gasteiger partial charge >= 0.3 is 0 Å². The van der Waals surface area contributed by atoms with Crippen molar-refractivity contribution in [2.45, 2.75) is 44.6 Å². The molecule has 0 bridgehead atoms. The van der Waals surface area contributed by atoms with Gasteiger partial charge in [-0.25, -0.2) is 0 Å². The first kappa shape index (κ1) is 22.8. The lowest BCUT2D eigenvalue weighted by molar-refractivity contribution is -0.125. The van der Waals surface area contributed by atoms with Crippen molar-refractivity contribution in [3.63, 3.8) is 0 Å². The normalized spacial score (nSPS) is 19.0. The van der Waals surface area contributed by atoms with Crippen LogP contribution in [-0.4, -0.2) is 30.9 Å². The number of rotatable bonds is 10. The van der Waals surface area contributed by atoms with Gasteiger partial charge in [-0.2, -0.15) is 0 Å². The van der Waals surface area contributed by atoms with E-state index in [1.165, 1.54) is 11.1 Å². The number of benzene rings is 2. The van der Waals surface area contributed by atoms with Gasteiger partial charge < -0.3 is 16.4 Å². The minimum absolute atomic E-state index is 0.0831. The highest BCUT2D eigenvalue weighted by Gasteiger charge is 2.30. The molecule has 0 unspecified atom stereocenters. The second kappa shape index (κ2) is 12.1. The zero-order valence-electron chi connectivity index (χ0n) is 18.1. The molecule has 2 aromatic rings. The Morgan fingerprint density at radius 3 is 2.32 bits per heavy atom. The predicted molar refractivity (Wildman–Crippen MR) is 125 cm³/mol. The molecule has 2 atom stereocenters. The molecule has 5 heteroatoms. The number of carbonyl (C=O) groups excluding carboxylic acids is 2. The summed E-state index contributed by atoms with van der Waals surface area (Å²) in [5.74, 6) is -0.649. The van der Waals surface area contributed by atoms with Crippen molar-refractivity contribution < 1.29 is 9.59 Å². The molecule has 0 spiro atoms. The van der Waals surface area contributed by atoms with Gasteiger partial charge in [0.2, 0.25) is 11.8 Å². The van der Waals surface area contributed by atoms with Crippen LogP contribution in [0.1, 0.15) is 43.2 Å². The number of aryl methyl sites for hydroxylation is 1. The van der Waals surface area contributed by atoms with E-state index >= 15 is 0 Å². The van der Waals surface area contributed by atoms with Crippen molar-refractivity contribution in [1.29, 1.82) is 0 Å². The van der Waals surface area contributed by atoms with Crippen LogP contribution in [0.15, 0.2) is 66.2 Å². The van der Waals surface area contributed by atoms with E-state index in [4.69, 9.17) is 5.73 Å². The standard InChI is InChI=1S/C26H33N3O2/c27-26(31)23-13-7-8-14-24(23)29-25(30)19-28-18-22(17-21-11-5-2-6-12-21)16-15-20-9-3-1-4-10-20/h1-6,9-12,17,23-24,28H,7-8,13-16,18-19H2,(H2,27,31)(H,29,30)/b22-17+/t23-,24-/m1/s1. The minimum atomic E-state index is -0.313. The van der Waals surface area contributed by atoms with Gasteiger partial charge in [0.15, 0.2) is 0 Å². The molecule has 5 nitrogen and oxygen atoms in total. The van der Waals surface area contributed by atoms with Gasteiger partial charge in [-0.15, -0.1) is 0 Å². The van der Waals surface area contributed by atoms with Gasteiger partial charge in [0.1, 0.15) is 0 Å². The number of hydrogen-bond donors (Lipinski definition) is 3.